The summed E-state index contributed by atoms with van der Waals surface area (Å²) < 4.78 is 22.7. The van der Waals surface area contributed by atoms with E-state index in [0.29, 0.717) is 18.0 Å². The molecule has 0 unspecified atom stereocenters. The summed E-state index contributed by atoms with van der Waals surface area (Å²) >= 11 is 0. The number of nitrogens with zero attached hydrogens (tertiary/aromatic N) is 1. The van der Waals surface area contributed by atoms with E-state index in [4.69, 9.17) is 9.47 Å². The number of nitro groups is 1. The predicted molar refractivity (Wildman–Crippen MR) is 99.9 cm³/mol. The van der Waals surface area contributed by atoms with E-state index in [9.17, 15) is 14.3 Å². The molecule has 2 aromatic rings. The molecule has 0 saturated carbocycles. The highest BCUT2D eigenvalue weighted by atomic mass is 32.2. The predicted octanol–water partition coefficient (Wildman–Crippen LogP) is 3.02. The van der Waals surface area contributed by atoms with E-state index in [1.54, 1.807) is 32.6 Å². The van der Waals surface area contributed by atoms with E-state index >= 15 is 0 Å². The van der Waals surface area contributed by atoms with E-state index in [2.05, 4.69) is 5.32 Å². The van der Waals surface area contributed by atoms with Crippen molar-refractivity contribution in [2.45, 2.75) is 11.3 Å². The first-order valence-electron chi connectivity index (χ1n) is 7.81. The van der Waals surface area contributed by atoms with Crippen LogP contribution in [0, 0.1) is 10.1 Å². The van der Waals surface area contributed by atoms with Crippen LogP contribution in [-0.4, -0.2) is 29.9 Å². The maximum Gasteiger partial charge on any atom is 0.285 e. The summed E-state index contributed by atoms with van der Waals surface area (Å²) in [6.07, 6.45) is 2.27. The first-order valence-corrected chi connectivity index (χ1v) is 9.03. The van der Waals surface area contributed by atoms with Crippen LogP contribution in [0.4, 0.5) is 5.69 Å². The number of para-hydroxylation sites is 1. The first-order chi connectivity index (χ1) is 12.6. The van der Waals surface area contributed by atoms with E-state index in [1.165, 1.54) is 17.5 Å². The number of benzene rings is 2. The van der Waals surface area contributed by atoms with Crippen LogP contribution >= 0.6 is 0 Å². The second kappa shape index (κ2) is 9.57. The highest BCUT2D eigenvalue weighted by Gasteiger charge is 2.15. The minimum atomic E-state index is -1.59. The SMILES string of the molecule is COc1ccc(CCN/C=C\[S@@](=O)c2ccccc2[N+](=O)[O-])cc1OC. The van der Waals surface area contributed by atoms with E-state index < -0.39 is 15.7 Å². The number of rotatable bonds is 9. The van der Waals surface area contributed by atoms with E-state index in [0.717, 1.165) is 12.0 Å². The minimum Gasteiger partial charge on any atom is -0.493 e. The molecule has 0 bridgehead atoms. The van der Waals surface area contributed by atoms with Crippen molar-refractivity contribution < 1.29 is 18.6 Å². The lowest BCUT2D eigenvalue weighted by Gasteiger charge is -2.09. The van der Waals surface area contributed by atoms with Gasteiger partial charge in [0.1, 0.15) is 4.90 Å². The molecule has 0 aliphatic heterocycles. The molecule has 2 rings (SSSR count). The zero-order valence-electron chi connectivity index (χ0n) is 14.5. The standard InChI is InChI=1S/C18H20N2O5S/c1-24-16-8-7-14(13-17(16)25-2)9-10-19-11-12-26(23)18-6-4-3-5-15(18)20(21)22/h3-8,11-13,19H,9-10H2,1-2H3/b12-11-/t26-/m1/s1. The second-order valence-corrected chi connectivity index (χ2v) is 6.53. The summed E-state index contributed by atoms with van der Waals surface area (Å²) in [5.41, 5.74) is 0.907. The molecule has 0 heterocycles. The van der Waals surface area contributed by atoms with Crippen LogP contribution < -0.4 is 14.8 Å². The normalized spacial score (nSPS) is 11.9. The molecule has 2 aromatic carbocycles. The van der Waals surface area contributed by atoms with Gasteiger partial charge in [-0.15, -0.1) is 0 Å². The van der Waals surface area contributed by atoms with E-state index in [1.807, 2.05) is 18.2 Å². The molecular formula is C18H20N2O5S. The molecule has 1 atom stereocenters. The molecular weight excluding hydrogens is 356 g/mol. The minimum absolute atomic E-state index is 0.152. The fourth-order valence-corrected chi connectivity index (χ4v) is 3.23. The quantitative estimate of drug-likeness (QED) is 0.411. The first kappa shape index (κ1) is 19.5. The number of methoxy groups -OCH3 is 2. The third kappa shape index (κ3) is 5.06. The molecule has 0 radical (unpaired) electrons. The van der Waals surface area contributed by atoms with Gasteiger partial charge in [-0.05, 0) is 30.2 Å². The highest BCUT2D eigenvalue weighted by Crippen LogP contribution is 2.27. The maximum absolute atomic E-state index is 12.2. The van der Waals surface area contributed by atoms with Gasteiger partial charge in [-0.3, -0.25) is 10.1 Å². The van der Waals surface area contributed by atoms with Crippen molar-refractivity contribution in [2.24, 2.45) is 0 Å². The summed E-state index contributed by atoms with van der Waals surface area (Å²) in [6.45, 7) is 0.611. The Morgan fingerprint density at radius 3 is 2.58 bits per heavy atom. The van der Waals surface area contributed by atoms with Crippen molar-refractivity contribution in [1.82, 2.24) is 5.32 Å². The van der Waals surface area contributed by atoms with Crippen LogP contribution in [0.1, 0.15) is 5.56 Å². The molecule has 0 aromatic heterocycles. The number of nitrogens with one attached hydrogen (secondary N) is 1. The Morgan fingerprint density at radius 1 is 1.15 bits per heavy atom. The Bertz CT molecular complexity index is 823. The molecule has 138 valence electrons. The van der Waals surface area contributed by atoms with Gasteiger partial charge in [0.05, 0.1) is 29.9 Å². The Morgan fingerprint density at radius 2 is 1.88 bits per heavy atom. The fourth-order valence-electron chi connectivity index (χ4n) is 2.30. The topological polar surface area (TPSA) is 90.7 Å². The number of hydrogen-bond acceptors (Lipinski definition) is 6. The van der Waals surface area contributed by atoms with Crippen molar-refractivity contribution in [2.75, 3.05) is 20.8 Å². The summed E-state index contributed by atoms with van der Waals surface area (Å²) in [6, 6.07) is 11.7. The van der Waals surface area contributed by atoms with Crippen LogP contribution in [0.5, 0.6) is 11.5 Å². The largest absolute Gasteiger partial charge is 0.493 e. The van der Waals surface area contributed by atoms with Crippen LogP contribution in [0.25, 0.3) is 0 Å². The monoisotopic (exact) mass is 376 g/mol. The molecule has 7 nitrogen and oxygen atoms in total. The number of hydrogen-bond donors (Lipinski definition) is 1. The van der Waals surface area contributed by atoms with Crippen molar-refractivity contribution >= 4 is 16.5 Å². The van der Waals surface area contributed by atoms with Gasteiger partial charge < -0.3 is 14.8 Å². The zero-order chi connectivity index (χ0) is 18.9. The Balaban J connectivity index is 1.90. The maximum atomic E-state index is 12.2. The van der Waals surface area contributed by atoms with Crippen molar-refractivity contribution in [3.8, 4) is 11.5 Å². The second-order valence-electron chi connectivity index (χ2n) is 5.22. The van der Waals surface area contributed by atoms with Crippen molar-refractivity contribution in [3.05, 3.63) is 69.8 Å². The Labute approximate surface area is 154 Å². The summed E-state index contributed by atoms with van der Waals surface area (Å²) in [7, 11) is 1.57. The Hall–Kier alpha value is -2.87. The Kier molecular flexibility index (Phi) is 7.16. The van der Waals surface area contributed by atoms with E-state index in [-0.39, 0.29) is 10.6 Å². The lowest BCUT2D eigenvalue weighted by molar-refractivity contribution is -0.387. The van der Waals surface area contributed by atoms with Crippen LogP contribution in [0.2, 0.25) is 0 Å². The third-order valence-electron chi connectivity index (χ3n) is 3.59. The smallest absolute Gasteiger partial charge is 0.285 e. The zero-order valence-corrected chi connectivity index (χ0v) is 15.3. The van der Waals surface area contributed by atoms with Gasteiger partial charge in [0, 0.05) is 24.2 Å². The average Bonchev–Trinajstić information content (AvgIpc) is 2.67. The molecule has 0 fully saturated rings. The van der Waals surface area contributed by atoms with Gasteiger partial charge in [-0.25, -0.2) is 4.21 Å². The van der Waals surface area contributed by atoms with Crippen molar-refractivity contribution in [3.63, 3.8) is 0 Å². The molecule has 0 spiro atoms. The summed E-state index contributed by atoms with van der Waals surface area (Å²) in [5.74, 6) is 1.34. The van der Waals surface area contributed by atoms with Gasteiger partial charge in [0.2, 0.25) is 0 Å². The number of ether oxygens (including phenoxy) is 2. The van der Waals surface area contributed by atoms with Gasteiger partial charge in [-0.1, -0.05) is 18.2 Å². The van der Waals surface area contributed by atoms with Crippen molar-refractivity contribution in [1.29, 1.82) is 0 Å². The summed E-state index contributed by atoms with van der Waals surface area (Å²) in [4.78, 5) is 10.6. The fraction of sp³-hybridized carbons (Fsp3) is 0.222. The molecule has 0 amide bonds. The summed E-state index contributed by atoms with van der Waals surface area (Å²) in [5, 5.41) is 15.4. The lowest BCUT2D eigenvalue weighted by Crippen LogP contribution is -2.10. The third-order valence-corrected chi connectivity index (χ3v) is 4.76. The highest BCUT2D eigenvalue weighted by molar-refractivity contribution is 7.88. The van der Waals surface area contributed by atoms with Gasteiger partial charge in [0.25, 0.3) is 5.69 Å². The lowest BCUT2D eigenvalue weighted by atomic mass is 10.1. The molecule has 0 aliphatic carbocycles. The average molecular weight is 376 g/mol. The molecule has 26 heavy (non-hydrogen) atoms. The number of nitro benzene ring substituents is 1. The van der Waals surface area contributed by atoms with Crippen LogP contribution in [0.15, 0.2) is 59.0 Å². The molecule has 0 saturated heterocycles. The molecule has 8 heteroatoms. The van der Waals surface area contributed by atoms with Gasteiger partial charge in [0.15, 0.2) is 11.5 Å². The van der Waals surface area contributed by atoms with Gasteiger partial charge >= 0.3 is 0 Å². The van der Waals surface area contributed by atoms with Crippen LogP contribution in [0.3, 0.4) is 0 Å². The molecule has 1 N–H and O–H groups in total. The molecule has 0 aliphatic rings. The van der Waals surface area contributed by atoms with Crippen LogP contribution in [-0.2, 0) is 17.2 Å². The van der Waals surface area contributed by atoms with Gasteiger partial charge in [-0.2, -0.15) is 0 Å².